The molecule has 240 valence electrons. The minimum atomic E-state index is -0.539. The quantitative estimate of drug-likeness (QED) is 0.202. The summed E-state index contributed by atoms with van der Waals surface area (Å²) in [6, 6.07) is 22.7. The van der Waals surface area contributed by atoms with Crippen LogP contribution in [0, 0.1) is 11.7 Å². The molecule has 0 spiro atoms. The van der Waals surface area contributed by atoms with Crippen molar-refractivity contribution in [2.24, 2.45) is 5.92 Å². The molecule has 10 nitrogen and oxygen atoms in total. The molecule has 0 aromatic heterocycles. The molecule has 0 radical (unpaired) electrons. The Hall–Kier alpha value is -5.16. The highest BCUT2D eigenvalue weighted by Crippen LogP contribution is 2.30. The van der Waals surface area contributed by atoms with Gasteiger partial charge in [-0.3, -0.25) is 4.79 Å². The molecular formula is C35H38FN5O5. The molecule has 46 heavy (non-hydrogen) atoms. The highest BCUT2D eigenvalue weighted by molar-refractivity contribution is 6.01. The van der Waals surface area contributed by atoms with E-state index in [4.69, 9.17) is 4.74 Å². The van der Waals surface area contributed by atoms with Gasteiger partial charge in [0.05, 0.1) is 31.3 Å². The average Bonchev–Trinajstić information content (AvgIpc) is 3.09. The maximum atomic E-state index is 13.5. The van der Waals surface area contributed by atoms with Gasteiger partial charge in [-0.05, 0) is 60.8 Å². The number of nitrogens with zero attached hydrogens (tertiary/aromatic N) is 2. The smallest absolute Gasteiger partial charge is 0.323 e. The van der Waals surface area contributed by atoms with Gasteiger partial charge in [-0.1, -0.05) is 43.3 Å². The lowest BCUT2D eigenvalue weighted by Crippen LogP contribution is -2.48. The topological polar surface area (TPSA) is 123 Å². The molecule has 1 heterocycles. The van der Waals surface area contributed by atoms with Crippen molar-refractivity contribution < 1.29 is 28.6 Å². The molecule has 0 bridgehead atoms. The van der Waals surface area contributed by atoms with Crippen LogP contribution >= 0.6 is 0 Å². The third kappa shape index (κ3) is 7.73. The number of likely N-dealkylation sites (N-methyl/N-ethyl adjacent to an activating group) is 1. The van der Waals surface area contributed by atoms with Crippen LogP contribution in [0.3, 0.4) is 0 Å². The first-order valence-electron chi connectivity index (χ1n) is 15.1. The maximum absolute atomic E-state index is 13.5. The summed E-state index contributed by atoms with van der Waals surface area (Å²) in [5.74, 6) is -0.372. The minimum Gasteiger partial charge on any atom is -0.488 e. The third-order valence-corrected chi connectivity index (χ3v) is 8.11. The monoisotopic (exact) mass is 627 g/mol. The second-order valence-electron chi connectivity index (χ2n) is 11.6. The van der Waals surface area contributed by atoms with Crippen molar-refractivity contribution in [3.63, 3.8) is 0 Å². The van der Waals surface area contributed by atoms with Crippen LogP contribution in [0.15, 0.2) is 84.9 Å². The number of anilines is 3. The van der Waals surface area contributed by atoms with Crippen LogP contribution in [0.2, 0.25) is 0 Å². The van der Waals surface area contributed by atoms with E-state index >= 15 is 0 Å². The molecule has 4 N–H and O–H groups in total. The molecule has 0 saturated heterocycles. The molecule has 4 aromatic rings. The molecule has 4 aromatic carbocycles. The molecule has 5 rings (SSSR count). The van der Waals surface area contributed by atoms with E-state index < -0.39 is 24.0 Å². The number of carbonyl (C=O) groups is 3. The Morgan fingerprint density at radius 1 is 1.00 bits per heavy atom. The molecule has 1 aliphatic rings. The molecule has 0 aliphatic carbocycles. The van der Waals surface area contributed by atoms with Crippen molar-refractivity contribution >= 4 is 45.8 Å². The van der Waals surface area contributed by atoms with Gasteiger partial charge in [0.1, 0.15) is 17.7 Å². The summed E-state index contributed by atoms with van der Waals surface area (Å²) in [4.78, 5) is 42.7. The number of aliphatic hydroxyl groups excluding tert-OH is 1. The van der Waals surface area contributed by atoms with Crippen molar-refractivity contribution in [1.82, 2.24) is 9.80 Å². The number of nitrogens with one attached hydrogen (secondary N) is 3. The number of rotatable bonds is 7. The van der Waals surface area contributed by atoms with Crippen molar-refractivity contribution in [2.75, 3.05) is 42.7 Å². The summed E-state index contributed by atoms with van der Waals surface area (Å²) < 4.78 is 19.8. The van der Waals surface area contributed by atoms with Gasteiger partial charge in [-0.15, -0.1) is 0 Å². The van der Waals surface area contributed by atoms with Gasteiger partial charge in [0.25, 0.3) is 0 Å². The van der Waals surface area contributed by atoms with Gasteiger partial charge >= 0.3 is 12.1 Å². The number of halogens is 1. The summed E-state index contributed by atoms with van der Waals surface area (Å²) in [7, 11) is 1.69. The zero-order valence-electron chi connectivity index (χ0n) is 26.0. The molecular weight excluding hydrogens is 589 g/mol. The van der Waals surface area contributed by atoms with E-state index in [0.29, 0.717) is 34.9 Å². The number of urea groups is 2. The number of ether oxygens (including phenoxy) is 1. The number of fused-ring (bicyclic) bond motifs is 2. The van der Waals surface area contributed by atoms with Crippen molar-refractivity contribution in [3.05, 3.63) is 96.3 Å². The Labute approximate surface area is 267 Å². The molecule has 11 heteroatoms. The van der Waals surface area contributed by atoms with Gasteiger partial charge in [0, 0.05) is 41.8 Å². The number of aliphatic hydroxyl groups is 1. The van der Waals surface area contributed by atoms with Gasteiger partial charge < -0.3 is 35.6 Å². The van der Waals surface area contributed by atoms with Gasteiger partial charge in [0.2, 0.25) is 5.91 Å². The van der Waals surface area contributed by atoms with E-state index in [1.165, 1.54) is 24.3 Å². The minimum absolute atomic E-state index is 0.0222. The Morgan fingerprint density at radius 2 is 1.70 bits per heavy atom. The third-order valence-electron chi connectivity index (χ3n) is 8.11. The first kappa shape index (κ1) is 32.2. The molecule has 0 saturated carbocycles. The predicted octanol–water partition coefficient (Wildman–Crippen LogP) is 5.94. The standard InChI is InChI=1S/C35H38FN5O5/c1-22-19-41(23(2)21-42)33(43)18-25-17-28(38-34(44)37-27-13-11-26(36)12-14-27)15-16-31(25)46-32(22)20-40(3)35(45)39-30-10-6-8-24-7-4-5-9-29(24)30/h4-17,22-23,32,42H,18-21H2,1-3H3,(H,39,45)(H2,37,38,44)/t22-,23+,32+/m1/s1. The van der Waals surface area contributed by atoms with Crippen LogP contribution in [0.5, 0.6) is 5.75 Å². The summed E-state index contributed by atoms with van der Waals surface area (Å²) in [6.45, 7) is 4.04. The van der Waals surface area contributed by atoms with E-state index in [-0.39, 0.29) is 37.4 Å². The van der Waals surface area contributed by atoms with E-state index in [2.05, 4.69) is 16.0 Å². The first-order chi connectivity index (χ1) is 22.1. The van der Waals surface area contributed by atoms with E-state index in [1.54, 1.807) is 42.0 Å². The molecule has 5 amide bonds. The number of carbonyl (C=O) groups excluding carboxylic acids is 3. The summed E-state index contributed by atoms with van der Waals surface area (Å²) in [5, 5.41) is 20.3. The Morgan fingerprint density at radius 3 is 2.46 bits per heavy atom. The van der Waals surface area contributed by atoms with Crippen LogP contribution in [0.25, 0.3) is 10.8 Å². The van der Waals surface area contributed by atoms with Crippen LogP contribution in [0.4, 0.5) is 31.0 Å². The summed E-state index contributed by atoms with van der Waals surface area (Å²) in [5.41, 5.74) is 2.08. The highest BCUT2D eigenvalue weighted by Gasteiger charge is 2.32. The van der Waals surface area contributed by atoms with E-state index in [1.807, 2.05) is 49.4 Å². The molecule has 0 fully saturated rings. The second-order valence-corrected chi connectivity index (χ2v) is 11.6. The Kier molecular flexibility index (Phi) is 10.0. The fraction of sp³-hybridized carbons (Fsp3) is 0.286. The lowest BCUT2D eigenvalue weighted by Gasteiger charge is -2.34. The largest absolute Gasteiger partial charge is 0.488 e. The van der Waals surface area contributed by atoms with Crippen molar-refractivity contribution in [1.29, 1.82) is 0 Å². The average molecular weight is 628 g/mol. The molecule has 1 aliphatic heterocycles. The van der Waals surface area contributed by atoms with Crippen LogP contribution in [-0.2, 0) is 11.2 Å². The number of amides is 5. The van der Waals surface area contributed by atoms with E-state index in [0.717, 1.165) is 10.8 Å². The number of hydrogen-bond acceptors (Lipinski definition) is 5. The SMILES string of the molecule is C[C@@H]1CN([C@@H](C)CO)C(=O)Cc2cc(NC(=O)Nc3ccc(F)cc3)ccc2O[C@H]1CN(C)C(=O)Nc1cccc2ccccc12. The fourth-order valence-corrected chi connectivity index (χ4v) is 5.45. The normalized spacial score (nSPS) is 17.1. The first-order valence-corrected chi connectivity index (χ1v) is 15.1. The van der Waals surface area contributed by atoms with Crippen molar-refractivity contribution in [2.45, 2.75) is 32.4 Å². The van der Waals surface area contributed by atoms with Gasteiger partial charge in [0.15, 0.2) is 0 Å². The van der Waals surface area contributed by atoms with Gasteiger partial charge in [-0.2, -0.15) is 0 Å². The van der Waals surface area contributed by atoms with E-state index in [9.17, 15) is 23.9 Å². The van der Waals surface area contributed by atoms with Crippen molar-refractivity contribution in [3.8, 4) is 5.75 Å². The number of benzene rings is 4. The highest BCUT2D eigenvalue weighted by atomic mass is 19.1. The maximum Gasteiger partial charge on any atom is 0.323 e. The van der Waals surface area contributed by atoms with Crippen LogP contribution in [-0.4, -0.2) is 71.8 Å². The predicted molar refractivity (Wildman–Crippen MR) is 177 cm³/mol. The summed E-state index contributed by atoms with van der Waals surface area (Å²) >= 11 is 0. The zero-order valence-corrected chi connectivity index (χ0v) is 26.0. The number of hydrogen-bond donors (Lipinski definition) is 4. The molecule has 3 atom stereocenters. The van der Waals surface area contributed by atoms with Crippen LogP contribution < -0.4 is 20.7 Å². The molecule has 0 unspecified atom stereocenters. The van der Waals surface area contributed by atoms with Gasteiger partial charge in [-0.25, -0.2) is 14.0 Å². The Balaban J connectivity index is 1.36. The second kappa shape index (κ2) is 14.3. The summed E-state index contributed by atoms with van der Waals surface area (Å²) in [6.07, 6.45) is -0.534. The Bertz CT molecular complexity index is 1710. The zero-order chi connectivity index (χ0) is 32.8. The fourth-order valence-electron chi connectivity index (χ4n) is 5.45. The van der Waals surface area contributed by atoms with Crippen LogP contribution in [0.1, 0.15) is 19.4 Å². The lowest BCUT2D eigenvalue weighted by atomic mass is 10.0. The lowest BCUT2D eigenvalue weighted by molar-refractivity contribution is -0.134.